The number of benzene rings is 1. The van der Waals surface area contributed by atoms with Gasteiger partial charge in [0.2, 0.25) is 0 Å². The molecule has 0 spiro atoms. The summed E-state index contributed by atoms with van der Waals surface area (Å²) in [6.45, 7) is 3.27. The standard InChI is InChI=1S/C11H15BrN2/c1-2-9-5-6-13-11-7-8(12)3-4-10(11)14-9/h3-4,7,9,13-14H,2,5-6H2,1H3. The van der Waals surface area contributed by atoms with Crippen molar-refractivity contribution >= 4 is 27.3 Å². The van der Waals surface area contributed by atoms with Gasteiger partial charge in [0.1, 0.15) is 0 Å². The molecule has 76 valence electrons. The third-order valence-corrected chi connectivity index (χ3v) is 3.14. The Labute approximate surface area is 93.2 Å². The third-order valence-electron chi connectivity index (χ3n) is 2.64. The molecule has 1 heterocycles. The number of anilines is 2. The fraction of sp³-hybridized carbons (Fsp3) is 0.455. The zero-order valence-corrected chi connectivity index (χ0v) is 9.89. The van der Waals surface area contributed by atoms with Crippen LogP contribution in [0.2, 0.25) is 0 Å². The Morgan fingerprint density at radius 2 is 2.29 bits per heavy atom. The van der Waals surface area contributed by atoms with E-state index in [9.17, 15) is 0 Å². The summed E-state index contributed by atoms with van der Waals surface area (Å²) in [5.41, 5.74) is 2.42. The van der Waals surface area contributed by atoms with Crippen molar-refractivity contribution in [1.82, 2.24) is 0 Å². The summed E-state index contributed by atoms with van der Waals surface area (Å²) in [7, 11) is 0. The van der Waals surface area contributed by atoms with Crippen molar-refractivity contribution in [1.29, 1.82) is 0 Å². The van der Waals surface area contributed by atoms with Gasteiger partial charge in [-0.05, 0) is 31.0 Å². The van der Waals surface area contributed by atoms with E-state index >= 15 is 0 Å². The number of halogens is 1. The quantitative estimate of drug-likeness (QED) is 0.803. The lowest BCUT2D eigenvalue weighted by atomic mass is 10.1. The fourth-order valence-electron chi connectivity index (χ4n) is 1.77. The molecule has 1 aliphatic rings. The van der Waals surface area contributed by atoms with Gasteiger partial charge in [-0.15, -0.1) is 0 Å². The van der Waals surface area contributed by atoms with Crippen LogP contribution in [0.3, 0.4) is 0 Å². The second-order valence-electron chi connectivity index (χ2n) is 3.65. The van der Waals surface area contributed by atoms with Crippen LogP contribution >= 0.6 is 15.9 Å². The average molecular weight is 255 g/mol. The number of nitrogens with one attached hydrogen (secondary N) is 2. The van der Waals surface area contributed by atoms with Crippen LogP contribution in [0.25, 0.3) is 0 Å². The van der Waals surface area contributed by atoms with Crippen molar-refractivity contribution in [3.8, 4) is 0 Å². The summed E-state index contributed by atoms with van der Waals surface area (Å²) < 4.78 is 1.13. The van der Waals surface area contributed by atoms with Crippen molar-refractivity contribution < 1.29 is 0 Å². The highest BCUT2D eigenvalue weighted by atomic mass is 79.9. The van der Waals surface area contributed by atoms with Crippen molar-refractivity contribution in [2.75, 3.05) is 17.2 Å². The molecular weight excluding hydrogens is 240 g/mol. The Morgan fingerprint density at radius 1 is 1.43 bits per heavy atom. The molecule has 1 atom stereocenters. The lowest BCUT2D eigenvalue weighted by molar-refractivity contribution is 0.661. The summed E-state index contributed by atoms with van der Waals surface area (Å²) in [6.07, 6.45) is 2.36. The molecule has 0 saturated heterocycles. The normalized spacial score (nSPS) is 20.3. The zero-order chi connectivity index (χ0) is 9.97. The first-order valence-corrected chi connectivity index (χ1v) is 5.89. The SMILES string of the molecule is CCC1CCNc2cc(Br)ccc2N1. The maximum absolute atomic E-state index is 3.55. The van der Waals surface area contributed by atoms with Crippen molar-refractivity contribution in [2.24, 2.45) is 0 Å². The van der Waals surface area contributed by atoms with Gasteiger partial charge in [-0.3, -0.25) is 0 Å². The molecule has 0 saturated carbocycles. The summed E-state index contributed by atoms with van der Waals surface area (Å²) >= 11 is 3.48. The van der Waals surface area contributed by atoms with E-state index in [1.807, 2.05) is 0 Å². The molecule has 0 fully saturated rings. The van der Waals surface area contributed by atoms with Gasteiger partial charge in [-0.25, -0.2) is 0 Å². The van der Waals surface area contributed by atoms with Crippen LogP contribution in [0, 0.1) is 0 Å². The van der Waals surface area contributed by atoms with E-state index in [2.05, 4.69) is 51.7 Å². The van der Waals surface area contributed by atoms with E-state index in [1.54, 1.807) is 0 Å². The minimum absolute atomic E-state index is 0.602. The second-order valence-corrected chi connectivity index (χ2v) is 4.57. The topological polar surface area (TPSA) is 24.1 Å². The summed E-state index contributed by atoms with van der Waals surface area (Å²) in [6, 6.07) is 6.93. The molecule has 0 bridgehead atoms. The molecule has 2 rings (SSSR count). The molecular formula is C11H15BrN2. The molecule has 2 nitrogen and oxygen atoms in total. The van der Waals surface area contributed by atoms with E-state index in [-0.39, 0.29) is 0 Å². The first-order valence-electron chi connectivity index (χ1n) is 5.09. The molecule has 1 unspecified atom stereocenters. The fourth-order valence-corrected chi connectivity index (χ4v) is 2.13. The number of hydrogen-bond acceptors (Lipinski definition) is 2. The lowest BCUT2D eigenvalue weighted by Gasteiger charge is -2.14. The maximum atomic E-state index is 3.55. The zero-order valence-electron chi connectivity index (χ0n) is 8.31. The van der Waals surface area contributed by atoms with Crippen molar-refractivity contribution in [2.45, 2.75) is 25.8 Å². The summed E-state index contributed by atoms with van der Waals surface area (Å²) in [5.74, 6) is 0. The van der Waals surface area contributed by atoms with Crippen molar-refractivity contribution in [3.05, 3.63) is 22.7 Å². The molecule has 0 aliphatic carbocycles. The van der Waals surface area contributed by atoms with E-state index in [1.165, 1.54) is 24.2 Å². The molecule has 0 amide bonds. The molecule has 14 heavy (non-hydrogen) atoms. The smallest absolute Gasteiger partial charge is 0.0587 e. The largest absolute Gasteiger partial charge is 0.383 e. The highest BCUT2D eigenvalue weighted by Gasteiger charge is 2.13. The van der Waals surface area contributed by atoms with Gasteiger partial charge >= 0.3 is 0 Å². The molecule has 0 radical (unpaired) electrons. The van der Waals surface area contributed by atoms with Gasteiger partial charge < -0.3 is 10.6 Å². The summed E-state index contributed by atoms with van der Waals surface area (Å²) in [5, 5.41) is 6.99. The molecule has 0 aromatic heterocycles. The Hall–Kier alpha value is -0.700. The summed E-state index contributed by atoms with van der Waals surface area (Å²) in [4.78, 5) is 0. The minimum Gasteiger partial charge on any atom is -0.383 e. The van der Waals surface area contributed by atoms with Crippen LogP contribution in [-0.2, 0) is 0 Å². The number of hydrogen-bond donors (Lipinski definition) is 2. The average Bonchev–Trinajstić information content (AvgIpc) is 2.38. The van der Waals surface area contributed by atoms with E-state index in [0.29, 0.717) is 6.04 Å². The van der Waals surface area contributed by atoms with E-state index in [4.69, 9.17) is 0 Å². The van der Waals surface area contributed by atoms with E-state index in [0.717, 1.165) is 11.0 Å². The molecule has 1 aromatic carbocycles. The van der Waals surface area contributed by atoms with Gasteiger partial charge in [-0.1, -0.05) is 22.9 Å². The van der Waals surface area contributed by atoms with Gasteiger partial charge in [-0.2, -0.15) is 0 Å². The first kappa shape index (κ1) is 9.84. The molecule has 3 heteroatoms. The van der Waals surface area contributed by atoms with Gasteiger partial charge in [0, 0.05) is 17.1 Å². The predicted octanol–water partition coefficient (Wildman–Crippen LogP) is 3.46. The highest BCUT2D eigenvalue weighted by Crippen LogP contribution is 2.29. The van der Waals surface area contributed by atoms with Crippen LogP contribution in [-0.4, -0.2) is 12.6 Å². The Morgan fingerprint density at radius 3 is 3.07 bits per heavy atom. The Kier molecular flexibility index (Phi) is 2.96. The monoisotopic (exact) mass is 254 g/mol. The van der Waals surface area contributed by atoms with Crippen LogP contribution in [0.5, 0.6) is 0 Å². The van der Waals surface area contributed by atoms with Gasteiger partial charge in [0.25, 0.3) is 0 Å². The molecule has 1 aliphatic heterocycles. The molecule has 1 aromatic rings. The predicted molar refractivity (Wildman–Crippen MR) is 65.0 cm³/mol. The van der Waals surface area contributed by atoms with Crippen LogP contribution in [0.4, 0.5) is 11.4 Å². The molecule has 2 N–H and O–H groups in total. The van der Waals surface area contributed by atoms with Crippen LogP contribution < -0.4 is 10.6 Å². The number of rotatable bonds is 1. The highest BCUT2D eigenvalue weighted by molar-refractivity contribution is 9.10. The minimum atomic E-state index is 0.602. The second kappa shape index (κ2) is 4.22. The lowest BCUT2D eigenvalue weighted by Crippen LogP contribution is -2.18. The van der Waals surface area contributed by atoms with E-state index < -0.39 is 0 Å². The number of fused-ring (bicyclic) bond motifs is 1. The maximum Gasteiger partial charge on any atom is 0.0587 e. The Bertz CT molecular complexity index is 325. The van der Waals surface area contributed by atoms with Gasteiger partial charge in [0.15, 0.2) is 0 Å². The van der Waals surface area contributed by atoms with Gasteiger partial charge in [0.05, 0.1) is 11.4 Å². The first-order chi connectivity index (χ1) is 6.79. The Balaban J connectivity index is 2.27. The van der Waals surface area contributed by atoms with Crippen LogP contribution in [0.15, 0.2) is 22.7 Å². The third kappa shape index (κ3) is 2.03. The van der Waals surface area contributed by atoms with Crippen LogP contribution in [0.1, 0.15) is 19.8 Å². The van der Waals surface area contributed by atoms with Crippen molar-refractivity contribution in [3.63, 3.8) is 0 Å².